The molecule has 2 aromatic rings. The summed E-state index contributed by atoms with van der Waals surface area (Å²) in [6.07, 6.45) is 3.02. The Morgan fingerprint density at radius 2 is 2.18 bits per heavy atom. The monoisotopic (exact) mass is 170 g/mol. The largest absolute Gasteiger partial charge is 0.323 e. The van der Waals surface area contributed by atoms with Gasteiger partial charge >= 0.3 is 5.69 Å². The molecule has 0 aliphatic carbocycles. The van der Waals surface area contributed by atoms with Crippen LogP contribution in [0.4, 0.5) is 0 Å². The zero-order valence-electron chi connectivity index (χ0n) is 5.39. The first-order valence-electron chi connectivity index (χ1n) is 2.99. The number of H-pyrrole nitrogens is 2. The summed E-state index contributed by atoms with van der Waals surface area (Å²) in [6.45, 7) is 0. The van der Waals surface area contributed by atoms with Crippen LogP contribution in [-0.2, 0) is 0 Å². The number of fused-ring (bicyclic) bond motifs is 1. The smallest absolute Gasteiger partial charge is 0.304 e. The van der Waals surface area contributed by atoms with E-state index in [0.29, 0.717) is 16.1 Å². The first kappa shape index (κ1) is 6.42. The Kier molecular flexibility index (Phi) is 1.22. The Labute approximate surface area is 66.2 Å². The number of rotatable bonds is 0. The molecule has 0 fully saturated rings. The van der Waals surface area contributed by atoms with Gasteiger partial charge in [0.2, 0.25) is 0 Å². The quantitative estimate of drug-likeness (QED) is 0.617. The van der Waals surface area contributed by atoms with Gasteiger partial charge in [0.1, 0.15) is 0 Å². The van der Waals surface area contributed by atoms with E-state index in [1.54, 1.807) is 6.20 Å². The number of hydrogen-bond donors (Lipinski definition) is 2. The van der Waals surface area contributed by atoms with Gasteiger partial charge in [0.25, 0.3) is 0 Å². The van der Waals surface area contributed by atoms with Crippen molar-refractivity contribution >= 4 is 22.6 Å². The van der Waals surface area contributed by atoms with E-state index in [-0.39, 0.29) is 5.69 Å². The Balaban J connectivity index is 3.01. The Bertz CT molecular complexity index is 444. The molecule has 2 aromatic heterocycles. The van der Waals surface area contributed by atoms with E-state index < -0.39 is 0 Å². The lowest BCUT2D eigenvalue weighted by Crippen LogP contribution is -1.99. The molecule has 0 aliphatic rings. The second-order valence-electron chi connectivity index (χ2n) is 2.12. The van der Waals surface area contributed by atoms with Gasteiger partial charge in [0, 0.05) is 6.20 Å². The minimum atomic E-state index is -0.269. The van der Waals surface area contributed by atoms with Crippen LogP contribution in [0.25, 0.3) is 11.0 Å². The summed E-state index contributed by atoms with van der Waals surface area (Å²) in [4.78, 5) is 19.6. The molecule has 0 bridgehead atoms. The summed E-state index contributed by atoms with van der Waals surface area (Å²) in [6, 6.07) is 0. The molecule has 0 unspecified atom stereocenters. The van der Waals surface area contributed by atoms with E-state index in [9.17, 15) is 4.79 Å². The molecule has 2 rings (SSSR count). The zero-order chi connectivity index (χ0) is 7.84. The van der Waals surface area contributed by atoms with Crippen molar-refractivity contribution in [3.63, 3.8) is 0 Å². The molecule has 2 N–H and O–H groups in total. The lowest BCUT2D eigenvalue weighted by Gasteiger charge is -1.88. The van der Waals surface area contributed by atoms with Gasteiger partial charge in [-0.25, -0.2) is 4.79 Å². The number of nitrogens with one attached hydrogen (secondary N) is 2. The molecule has 0 atom stereocenters. The van der Waals surface area contributed by atoms with Crippen molar-refractivity contribution in [1.82, 2.24) is 15.0 Å². The SMILES string of the molecule is O=c1[nH]c2[13cH]ncc(Cl)c2[nH]1. The number of hydrogen-bond acceptors (Lipinski definition) is 2. The molecule has 11 heavy (non-hydrogen) atoms. The lowest BCUT2D eigenvalue weighted by atomic mass is 10.5. The van der Waals surface area contributed by atoms with Crippen molar-refractivity contribution in [2.45, 2.75) is 0 Å². The van der Waals surface area contributed by atoms with Gasteiger partial charge in [0.15, 0.2) is 0 Å². The molecule has 2 heterocycles. The van der Waals surface area contributed by atoms with Crippen LogP contribution in [0, 0.1) is 0 Å². The number of halogens is 1. The molecule has 4 nitrogen and oxygen atoms in total. The highest BCUT2D eigenvalue weighted by Crippen LogP contribution is 2.15. The van der Waals surface area contributed by atoms with E-state index in [1.165, 1.54) is 6.20 Å². The Morgan fingerprint density at radius 3 is 2.91 bits per heavy atom. The molecule has 5 heteroatoms. The first-order valence-corrected chi connectivity index (χ1v) is 3.36. The molecular formula is C6H4ClN3O. The normalized spacial score (nSPS) is 10.6. The number of aromatic amines is 2. The van der Waals surface area contributed by atoms with Crippen molar-refractivity contribution in [2.75, 3.05) is 0 Å². The minimum Gasteiger partial charge on any atom is -0.304 e. The molecule has 0 saturated carbocycles. The van der Waals surface area contributed by atoms with Crippen molar-refractivity contribution in [2.24, 2.45) is 0 Å². The second kappa shape index (κ2) is 2.10. The average molecular weight is 171 g/mol. The lowest BCUT2D eigenvalue weighted by molar-refractivity contribution is 1.21. The van der Waals surface area contributed by atoms with Crippen LogP contribution in [0.3, 0.4) is 0 Å². The van der Waals surface area contributed by atoms with Crippen molar-refractivity contribution in [1.29, 1.82) is 0 Å². The third-order valence-electron chi connectivity index (χ3n) is 1.39. The standard InChI is InChI=1S/C6H4ClN3O/c7-3-1-8-2-4-5(3)10-6(11)9-4/h1-2H,(H2,9,10,11)/i2+1. The summed E-state index contributed by atoms with van der Waals surface area (Å²) < 4.78 is 0. The molecule has 0 aliphatic heterocycles. The van der Waals surface area contributed by atoms with E-state index in [0.717, 1.165) is 0 Å². The van der Waals surface area contributed by atoms with Gasteiger partial charge < -0.3 is 9.97 Å². The van der Waals surface area contributed by atoms with Gasteiger partial charge in [-0.15, -0.1) is 0 Å². The molecule has 0 radical (unpaired) electrons. The maximum Gasteiger partial charge on any atom is 0.323 e. The van der Waals surface area contributed by atoms with Gasteiger partial charge in [-0.1, -0.05) is 11.6 Å². The summed E-state index contributed by atoms with van der Waals surface area (Å²) in [5, 5.41) is 0.445. The number of pyridine rings is 1. The summed E-state index contributed by atoms with van der Waals surface area (Å²) >= 11 is 5.72. The number of imidazole rings is 1. The van der Waals surface area contributed by atoms with Crippen LogP contribution in [0.15, 0.2) is 17.2 Å². The van der Waals surface area contributed by atoms with Gasteiger partial charge in [-0.3, -0.25) is 4.98 Å². The Morgan fingerprint density at radius 1 is 1.36 bits per heavy atom. The fraction of sp³-hybridized carbons (Fsp3) is 0. The third kappa shape index (κ3) is 0.914. The van der Waals surface area contributed by atoms with E-state index in [1.807, 2.05) is 0 Å². The summed E-state index contributed by atoms with van der Waals surface area (Å²) in [5.74, 6) is 0. The van der Waals surface area contributed by atoms with Crippen LogP contribution < -0.4 is 5.69 Å². The van der Waals surface area contributed by atoms with E-state index in [2.05, 4.69) is 15.0 Å². The fourth-order valence-electron chi connectivity index (χ4n) is 0.924. The third-order valence-corrected chi connectivity index (χ3v) is 1.67. The van der Waals surface area contributed by atoms with Crippen LogP contribution in [-0.4, -0.2) is 15.0 Å². The fourth-order valence-corrected chi connectivity index (χ4v) is 1.13. The van der Waals surface area contributed by atoms with Crippen LogP contribution in [0.2, 0.25) is 5.02 Å². The maximum absolute atomic E-state index is 10.7. The minimum absolute atomic E-state index is 0.269. The highest BCUT2D eigenvalue weighted by Gasteiger charge is 2.00. The van der Waals surface area contributed by atoms with Crippen LogP contribution in [0.5, 0.6) is 0 Å². The molecule has 0 amide bonds. The van der Waals surface area contributed by atoms with Crippen LogP contribution >= 0.6 is 11.6 Å². The summed E-state index contributed by atoms with van der Waals surface area (Å²) in [5.41, 5.74) is 0.962. The molecule has 0 aromatic carbocycles. The number of nitrogens with zero attached hydrogens (tertiary/aromatic N) is 1. The summed E-state index contributed by atoms with van der Waals surface area (Å²) in [7, 11) is 0. The second-order valence-corrected chi connectivity index (χ2v) is 2.53. The zero-order valence-corrected chi connectivity index (χ0v) is 6.14. The van der Waals surface area contributed by atoms with E-state index in [4.69, 9.17) is 11.6 Å². The van der Waals surface area contributed by atoms with Gasteiger partial charge in [0.05, 0.1) is 22.3 Å². The molecular weight excluding hydrogens is 167 g/mol. The Hall–Kier alpha value is -1.29. The predicted molar refractivity (Wildman–Crippen MR) is 41.7 cm³/mol. The first-order chi connectivity index (χ1) is 5.27. The van der Waals surface area contributed by atoms with Crippen molar-refractivity contribution < 1.29 is 0 Å². The average Bonchev–Trinajstić information content (AvgIpc) is 2.31. The number of aromatic nitrogens is 3. The molecule has 0 spiro atoms. The predicted octanol–water partition coefficient (Wildman–Crippen LogP) is 0.905. The topological polar surface area (TPSA) is 61.5 Å². The van der Waals surface area contributed by atoms with Gasteiger partial charge in [-0.05, 0) is 0 Å². The van der Waals surface area contributed by atoms with Crippen molar-refractivity contribution in [3.8, 4) is 0 Å². The highest BCUT2D eigenvalue weighted by molar-refractivity contribution is 6.34. The molecule has 56 valence electrons. The van der Waals surface area contributed by atoms with Crippen molar-refractivity contribution in [3.05, 3.63) is 27.9 Å². The van der Waals surface area contributed by atoms with Crippen LogP contribution in [0.1, 0.15) is 0 Å². The molecule has 0 saturated heterocycles. The highest BCUT2D eigenvalue weighted by atomic mass is 35.5. The van der Waals surface area contributed by atoms with Gasteiger partial charge in [-0.2, -0.15) is 0 Å². The maximum atomic E-state index is 10.7. The van der Waals surface area contributed by atoms with E-state index >= 15 is 0 Å².